The molecule has 1 N–H and O–H groups in total. The van der Waals surface area contributed by atoms with Crippen molar-refractivity contribution in [1.29, 1.82) is 0 Å². The van der Waals surface area contributed by atoms with E-state index >= 15 is 0 Å². The normalized spacial score (nSPS) is 11.9. The summed E-state index contributed by atoms with van der Waals surface area (Å²) in [5.41, 5.74) is 2.07. The van der Waals surface area contributed by atoms with Crippen LogP contribution in [0.5, 0.6) is 11.5 Å². The van der Waals surface area contributed by atoms with Crippen LogP contribution in [0.25, 0.3) is 0 Å². The molecule has 0 aliphatic carbocycles. The largest absolute Gasteiger partial charge is 0.454 e. The van der Waals surface area contributed by atoms with Crippen molar-refractivity contribution in [2.75, 3.05) is 12.1 Å². The van der Waals surface area contributed by atoms with E-state index in [1.807, 2.05) is 12.1 Å². The van der Waals surface area contributed by atoms with Gasteiger partial charge in [-0.25, -0.2) is 0 Å². The number of fused-ring (bicyclic) bond motifs is 1. The fourth-order valence-corrected chi connectivity index (χ4v) is 3.16. The lowest BCUT2D eigenvalue weighted by molar-refractivity contribution is -0.115. The average molecular weight is 394 g/mol. The molecule has 0 spiro atoms. The van der Waals surface area contributed by atoms with E-state index < -0.39 is 0 Å². The highest BCUT2D eigenvalue weighted by atomic mass is 35.5. The van der Waals surface area contributed by atoms with Crippen LogP contribution < -0.4 is 14.8 Å². The Balaban J connectivity index is 1.54. The highest BCUT2D eigenvalue weighted by Crippen LogP contribution is 2.32. The predicted molar refractivity (Wildman–Crippen MR) is 106 cm³/mol. The lowest BCUT2D eigenvalue weighted by atomic mass is 10.0. The molecule has 0 fully saturated rings. The first-order chi connectivity index (χ1) is 13.6. The Labute approximate surface area is 166 Å². The zero-order chi connectivity index (χ0) is 19.5. The number of amides is 1. The van der Waals surface area contributed by atoms with E-state index in [1.54, 1.807) is 54.6 Å². The van der Waals surface area contributed by atoms with Crippen LogP contribution in [0.3, 0.4) is 0 Å². The second kappa shape index (κ2) is 7.74. The Morgan fingerprint density at radius 1 is 0.929 bits per heavy atom. The van der Waals surface area contributed by atoms with Crippen LogP contribution >= 0.6 is 11.6 Å². The first-order valence-electron chi connectivity index (χ1n) is 8.68. The molecular formula is C22H16ClNO4. The summed E-state index contributed by atoms with van der Waals surface area (Å²) in [6.07, 6.45) is 0.137. The molecule has 0 bridgehead atoms. The van der Waals surface area contributed by atoms with Gasteiger partial charge in [0.15, 0.2) is 17.3 Å². The monoisotopic (exact) mass is 393 g/mol. The second-order valence-electron chi connectivity index (χ2n) is 6.30. The van der Waals surface area contributed by atoms with Crippen LogP contribution in [0.1, 0.15) is 21.5 Å². The Morgan fingerprint density at radius 3 is 2.54 bits per heavy atom. The molecule has 3 aromatic carbocycles. The van der Waals surface area contributed by atoms with Gasteiger partial charge in [-0.3, -0.25) is 9.59 Å². The van der Waals surface area contributed by atoms with Gasteiger partial charge in [-0.2, -0.15) is 0 Å². The lowest BCUT2D eigenvalue weighted by Gasteiger charge is -2.11. The van der Waals surface area contributed by atoms with E-state index in [9.17, 15) is 9.59 Å². The van der Waals surface area contributed by atoms with Crippen LogP contribution in [0.4, 0.5) is 5.69 Å². The van der Waals surface area contributed by atoms with Gasteiger partial charge in [0.2, 0.25) is 12.7 Å². The number of anilines is 1. The molecule has 5 nitrogen and oxygen atoms in total. The number of rotatable bonds is 5. The Morgan fingerprint density at radius 2 is 1.71 bits per heavy atom. The van der Waals surface area contributed by atoms with Crippen LogP contribution in [0.15, 0.2) is 66.7 Å². The topological polar surface area (TPSA) is 64.6 Å². The summed E-state index contributed by atoms with van der Waals surface area (Å²) >= 11 is 6.08. The standard InChI is InChI=1S/C22H16ClNO4/c23-16-7-8-18(17(12-16)22(26)15-4-2-1-3-5-15)24-21(25)11-14-6-9-19-20(10-14)28-13-27-19/h1-10,12H,11,13H2,(H,24,25). The van der Waals surface area contributed by atoms with Gasteiger partial charge in [0, 0.05) is 16.1 Å². The first-order valence-corrected chi connectivity index (χ1v) is 9.05. The van der Waals surface area contributed by atoms with E-state index in [1.165, 1.54) is 0 Å². The fourth-order valence-electron chi connectivity index (χ4n) is 2.99. The van der Waals surface area contributed by atoms with Gasteiger partial charge in [-0.1, -0.05) is 48.0 Å². The molecular weight excluding hydrogens is 378 g/mol. The molecule has 4 rings (SSSR count). The Hall–Kier alpha value is -3.31. The third-order valence-corrected chi connectivity index (χ3v) is 4.57. The summed E-state index contributed by atoms with van der Waals surface area (Å²) in [6, 6.07) is 19.1. The van der Waals surface area contributed by atoms with Crippen LogP contribution in [0, 0.1) is 0 Å². The SMILES string of the molecule is O=C(Cc1ccc2c(c1)OCO2)Nc1ccc(Cl)cc1C(=O)c1ccccc1. The van der Waals surface area contributed by atoms with Crippen LogP contribution in [-0.4, -0.2) is 18.5 Å². The van der Waals surface area contributed by atoms with Gasteiger partial charge in [0.1, 0.15) is 0 Å². The quantitative estimate of drug-likeness (QED) is 0.649. The fraction of sp³-hybridized carbons (Fsp3) is 0.0909. The van der Waals surface area contributed by atoms with E-state index in [0.29, 0.717) is 33.3 Å². The molecule has 6 heteroatoms. The smallest absolute Gasteiger partial charge is 0.231 e. The van der Waals surface area contributed by atoms with Crippen LogP contribution in [-0.2, 0) is 11.2 Å². The number of carbonyl (C=O) groups is 2. The molecule has 1 aliphatic heterocycles. The molecule has 0 atom stereocenters. The molecule has 1 aliphatic rings. The molecule has 3 aromatic rings. The van der Waals surface area contributed by atoms with Crippen molar-refractivity contribution >= 4 is 29.0 Å². The third kappa shape index (κ3) is 3.85. The molecule has 0 unspecified atom stereocenters. The maximum atomic E-state index is 12.8. The van der Waals surface area contributed by atoms with E-state index in [0.717, 1.165) is 5.56 Å². The lowest BCUT2D eigenvalue weighted by Crippen LogP contribution is -2.17. The number of hydrogen-bond donors (Lipinski definition) is 1. The van der Waals surface area contributed by atoms with Crippen molar-refractivity contribution in [2.45, 2.75) is 6.42 Å². The number of benzene rings is 3. The van der Waals surface area contributed by atoms with E-state index in [4.69, 9.17) is 21.1 Å². The molecule has 1 heterocycles. The number of hydrogen-bond acceptors (Lipinski definition) is 4. The summed E-state index contributed by atoms with van der Waals surface area (Å²) in [5.74, 6) is 0.833. The maximum absolute atomic E-state index is 12.8. The van der Waals surface area contributed by atoms with Gasteiger partial charge in [-0.05, 0) is 35.9 Å². The minimum Gasteiger partial charge on any atom is -0.454 e. The molecule has 140 valence electrons. The molecule has 0 saturated heterocycles. The summed E-state index contributed by atoms with van der Waals surface area (Å²) in [7, 11) is 0. The summed E-state index contributed by atoms with van der Waals surface area (Å²) < 4.78 is 10.6. The predicted octanol–water partition coefficient (Wildman–Crippen LogP) is 4.48. The minimum absolute atomic E-state index is 0.137. The Kier molecular flexibility index (Phi) is 5.00. The van der Waals surface area contributed by atoms with Crippen molar-refractivity contribution in [3.8, 4) is 11.5 Å². The van der Waals surface area contributed by atoms with Crippen molar-refractivity contribution < 1.29 is 19.1 Å². The highest BCUT2D eigenvalue weighted by Gasteiger charge is 2.18. The van der Waals surface area contributed by atoms with Gasteiger partial charge in [0.25, 0.3) is 0 Å². The van der Waals surface area contributed by atoms with Gasteiger partial charge >= 0.3 is 0 Å². The number of nitrogens with one attached hydrogen (secondary N) is 1. The highest BCUT2D eigenvalue weighted by molar-refractivity contribution is 6.31. The third-order valence-electron chi connectivity index (χ3n) is 4.34. The zero-order valence-corrected chi connectivity index (χ0v) is 15.5. The van der Waals surface area contributed by atoms with E-state index in [2.05, 4.69) is 5.32 Å². The van der Waals surface area contributed by atoms with E-state index in [-0.39, 0.29) is 24.9 Å². The summed E-state index contributed by atoms with van der Waals surface area (Å²) in [5, 5.41) is 3.24. The van der Waals surface area contributed by atoms with Gasteiger partial charge in [-0.15, -0.1) is 0 Å². The number of ketones is 1. The van der Waals surface area contributed by atoms with Crippen molar-refractivity contribution in [3.63, 3.8) is 0 Å². The Bertz CT molecular complexity index is 1050. The molecule has 1 amide bonds. The second-order valence-corrected chi connectivity index (χ2v) is 6.73. The minimum atomic E-state index is -0.247. The number of ether oxygens (including phenoxy) is 2. The molecule has 28 heavy (non-hydrogen) atoms. The summed E-state index contributed by atoms with van der Waals surface area (Å²) in [4.78, 5) is 25.4. The van der Waals surface area contributed by atoms with Crippen LogP contribution in [0.2, 0.25) is 5.02 Å². The number of halogens is 1. The number of carbonyl (C=O) groups excluding carboxylic acids is 2. The first kappa shape index (κ1) is 18.1. The zero-order valence-electron chi connectivity index (χ0n) is 14.8. The maximum Gasteiger partial charge on any atom is 0.231 e. The summed E-state index contributed by atoms with van der Waals surface area (Å²) in [6.45, 7) is 0.181. The van der Waals surface area contributed by atoms with Gasteiger partial charge in [0.05, 0.1) is 12.1 Å². The van der Waals surface area contributed by atoms with Crippen molar-refractivity contribution in [2.24, 2.45) is 0 Å². The average Bonchev–Trinajstić information content (AvgIpc) is 3.17. The molecule has 0 saturated carbocycles. The van der Waals surface area contributed by atoms with Gasteiger partial charge < -0.3 is 14.8 Å². The van der Waals surface area contributed by atoms with Crippen molar-refractivity contribution in [3.05, 3.63) is 88.4 Å². The molecule has 0 radical (unpaired) electrons. The molecule has 0 aromatic heterocycles. The van der Waals surface area contributed by atoms with Crippen molar-refractivity contribution in [1.82, 2.24) is 0 Å².